The summed E-state index contributed by atoms with van der Waals surface area (Å²) in [5.74, 6) is 0.254. The van der Waals surface area contributed by atoms with E-state index < -0.39 is 0 Å². The molecule has 100 valence electrons. The third-order valence-corrected chi connectivity index (χ3v) is 3.57. The Morgan fingerprint density at radius 1 is 1.41 bits per heavy atom. The summed E-state index contributed by atoms with van der Waals surface area (Å²) in [6.07, 6.45) is 0.832. The molecule has 0 amide bonds. The van der Waals surface area contributed by atoms with Crippen LogP contribution in [0.4, 0.5) is 0 Å². The number of hydrogen-bond acceptors (Lipinski definition) is 4. The van der Waals surface area contributed by atoms with Gasteiger partial charge in [-0.2, -0.15) is 0 Å². The maximum Gasteiger partial charge on any atom is 0.0757 e. The van der Waals surface area contributed by atoms with Crippen molar-refractivity contribution in [1.29, 1.82) is 0 Å². The van der Waals surface area contributed by atoms with Crippen molar-refractivity contribution >= 4 is 0 Å². The molecule has 0 bridgehead atoms. The molecule has 2 aliphatic heterocycles. The van der Waals surface area contributed by atoms with Gasteiger partial charge in [0.15, 0.2) is 0 Å². The molecule has 0 aromatic carbocycles. The lowest BCUT2D eigenvalue weighted by Gasteiger charge is -2.43. The van der Waals surface area contributed by atoms with E-state index in [1.54, 1.807) is 0 Å². The maximum atomic E-state index is 9.96. The molecule has 0 aromatic heterocycles. The van der Waals surface area contributed by atoms with Crippen LogP contribution in [0.25, 0.3) is 0 Å². The minimum absolute atomic E-state index is 0.0852. The number of hydrogen-bond donors (Lipinski definition) is 1. The smallest absolute Gasteiger partial charge is 0.0757 e. The van der Waals surface area contributed by atoms with Crippen LogP contribution in [0.3, 0.4) is 0 Å². The SMILES string of the molecule is CC1CN(CC2COCCC2O)CC(C)(C)O1. The number of nitrogens with zero attached hydrogens (tertiary/aromatic N) is 1. The van der Waals surface area contributed by atoms with Gasteiger partial charge in [0.05, 0.1) is 24.4 Å². The fourth-order valence-corrected chi connectivity index (χ4v) is 3.02. The second-order valence-corrected chi connectivity index (χ2v) is 6.07. The molecule has 0 aromatic rings. The predicted molar refractivity (Wildman–Crippen MR) is 66.0 cm³/mol. The minimum atomic E-state index is -0.204. The predicted octanol–water partition coefficient (Wildman–Crippen LogP) is 0.883. The molecule has 4 heteroatoms. The molecule has 2 rings (SSSR count). The van der Waals surface area contributed by atoms with Crippen LogP contribution in [0, 0.1) is 5.92 Å². The molecular weight excluding hydrogens is 218 g/mol. The molecule has 3 unspecified atom stereocenters. The third-order valence-electron chi connectivity index (χ3n) is 3.57. The molecule has 1 N–H and O–H groups in total. The van der Waals surface area contributed by atoms with Crippen LogP contribution in [0.5, 0.6) is 0 Å². The van der Waals surface area contributed by atoms with E-state index >= 15 is 0 Å². The van der Waals surface area contributed by atoms with Crippen molar-refractivity contribution in [3.8, 4) is 0 Å². The van der Waals surface area contributed by atoms with Crippen molar-refractivity contribution in [3.05, 3.63) is 0 Å². The second-order valence-electron chi connectivity index (χ2n) is 6.07. The highest BCUT2D eigenvalue weighted by atomic mass is 16.5. The summed E-state index contributed by atoms with van der Waals surface area (Å²) >= 11 is 0. The lowest BCUT2D eigenvalue weighted by atomic mass is 9.96. The Morgan fingerprint density at radius 2 is 2.18 bits per heavy atom. The summed E-state index contributed by atoms with van der Waals surface area (Å²) in [6.45, 7) is 10.6. The molecule has 2 aliphatic rings. The lowest BCUT2D eigenvalue weighted by molar-refractivity contribution is -0.139. The number of aliphatic hydroxyl groups excluding tert-OH is 1. The Balaban J connectivity index is 1.89. The van der Waals surface area contributed by atoms with Crippen molar-refractivity contribution in [3.63, 3.8) is 0 Å². The van der Waals surface area contributed by atoms with Crippen LogP contribution in [0.15, 0.2) is 0 Å². The van der Waals surface area contributed by atoms with E-state index in [0.717, 1.165) is 26.1 Å². The molecule has 0 spiro atoms. The monoisotopic (exact) mass is 243 g/mol. The first-order valence-electron chi connectivity index (χ1n) is 6.62. The zero-order valence-electron chi connectivity index (χ0n) is 11.2. The number of aliphatic hydroxyl groups is 1. The van der Waals surface area contributed by atoms with Gasteiger partial charge in [-0.15, -0.1) is 0 Å². The molecule has 2 saturated heterocycles. The van der Waals surface area contributed by atoms with Gasteiger partial charge in [-0.25, -0.2) is 0 Å². The molecule has 0 aliphatic carbocycles. The average molecular weight is 243 g/mol. The maximum absolute atomic E-state index is 9.96. The Morgan fingerprint density at radius 3 is 2.82 bits per heavy atom. The van der Waals surface area contributed by atoms with E-state index in [0.29, 0.717) is 13.2 Å². The van der Waals surface area contributed by atoms with Crippen molar-refractivity contribution in [1.82, 2.24) is 4.90 Å². The largest absolute Gasteiger partial charge is 0.393 e. The molecule has 2 heterocycles. The van der Waals surface area contributed by atoms with Crippen LogP contribution in [-0.4, -0.2) is 60.7 Å². The summed E-state index contributed by atoms with van der Waals surface area (Å²) in [5, 5.41) is 9.96. The van der Waals surface area contributed by atoms with Gasteiger partial charge < -0.3 is 14.6 Å². The van der Waals surface area contributed by atoms with Crippen molar-refractivity contribution in [2.24, 2.45) is 5.92 Å². The average Bonchev–Trinajstić information content (AvgIpc) is 2.18. The van der Waals surface area contributed by atoms with Gasteiger partial charge in [0.2, 0.25) is 0 Å². The fraction of sp³-hybridized carbons (Fsp3) is 1.00. The van der Waals surface area contributed by atoms with E-state index in [-0.39, 0.29) is 23.7 Å². The van der Waals surface area contributed by atoms with Gasteiger partial charge in [0.1, 0.15) is 0 Å². The van der Waals surface area contributed by atoms with Crippen LogP contribution in [0.1, 0.15) is 27.2 Å². The molecular formula is C13H25NO3. The normalized spacial score (nSPS) is 39.2. The Bertz CT molecular complexity index is 257. The summed E-state index contributed by atoms with van der Waals surface area (Å²) in [4.78, 5) is 2.40. The molecule has 17 heavy (non-hydrogen) atoms. The van der Waals surface area contributed by atoms with E-state index in [1.165, 1.54) is 0 Å². The first kappa shape index (κ1) is 13.3. The van der Waals surface area contributed by atoms with Crippen LogP contribution in [-0.2, 0) is 9.47 Å². The zero-order valence-corrected chi connectivity index (χ0v) is 11.2. The van der Waals surface area contributed by atoms with Gasteiger partial charge in [0, 0.05) is 32.2 Å². The highest BCUT2D eigenvalue weighted by Crippen LogP contribution is 2.23. The van der Waals surface area contributed by atoms with Gasteiger partial charge >= 0.3 is 0 Å². The van der Waals surface area contributed by atoms with Crippen LogP contribution >= 0.6 is 0 Å². The van der Waals surface area contributed by atoms with Gasteiger partial charge in [0.25, 0.3) is 0 Å². The third kappa shape index (κ3) is 3.65. The quantitative estimate of drug-likeness (QED) is 0.782. The Labute approximate surface area is 104 Å². The van der Waals surface area contributed by atoms with Gasteiger partial charge in [-0.1, -0.05) is 0 Å². The molecule has 4 nitrogen and oxygen atoms in total. The summed E-state index contributed by atoms with van der Waals surface area (Å²) in [6, 6.07) is 0. The highest BCUT2D eigenvalue weighted by Gasteiger charge is 2.34. The highest BCUT2D eigenvalue weighted by molar-refractivity contribution is 4.85. The minimum Gasteiger partial charge on any atom is -0.393 e. The number of ether oxygens (including phenoxy) is 2. The van der Waals surface area contributed by atoms with Gasteiger partial charge in [-0.3, -0.25) is 4.90 Å². The van der Waals surface area contributed by atoms with Gasteiger partial charge in [-0.05, 0) is 27.2 Å². The summed E-state index contributed by atoms with van der Waals surface area (Å²) < 4.78 is 11.3. The number of rotatable bonds is 2. The summed E-state index contributed by atoms with van der Waals surface area (Å²) in [5.41, 5.74) is -0.0852. The Kier molecular flexibility index (Phi) is 4.08. The van der Waals surface area contributed by atoms with E-state index in [1.807, 2.05) is 0 Å². The second kappa shape index (κ2) is 5.22. The molecule has 3 atom stereocenters. The number of morpholine rings is 1. The fourth-order valence-electron chi connectivity index (χ4n) is 3.02. The topological polar surface area (TPSA) is 41.9 Å². The van der Waals surface area contributed by atoms with Crippen molar-refractivity contribution < 1.29 is 14.6 Å². The molecule has 2 fully saturated rings. The lowest BCUT2D eigenvalue weighted by Crippen LogP contribution is -2.54. The van der Waals surface area contributed by atoms with Crippen molar-refractivity contribution in [2.45, 2.75) is 45.0 Å². The van der Waals surface area contributed by atoms with E-state index in [2.05, 4.69) is 25.7 Å². The Hall–Kier alpha value is -0.160. The van der Waals surface area contributed by atoms with E-state index in [9.17, 15) is 5.11 Å². The van der Waals surface area contributed by atoms with Crippen molar-refractivity contribution in [2.75, 3.05) is 32.8 Å². The van der Waals surface area contributed by atoms with Crippen LogP contribution in [0.2, 0.25) is 0 Å². The molecule has 0 radical (unpaired) electrons. The first-order chi connectivity index (χ1) is 7.96. The van der Waals surface area contributed by atoms with E-state index in [4.69, 9.17) is 9.47 Å². The summed E-state index contributed by atoms with van der Waals surface area (Å²) in [7, 11) is 0. The standard InChI is InChI=1S/C13H25NO3/c1-10-6-14(9-13(2,3)17-10)7-11-8-16-5-4-12(11)15/h10-12,15H,4-9H2,1-3H3. The zero-order chi connectivity index (χ0) is 12.5. The van der Waals surface area contributed by atoms with Crippen LogP contribution < -0.4 is 0 Å². The molecule has 0 saturated carbocycles. The first-order valence-corrected chi connectivity index (χ1v) is 6.62.